The van der Waals surface area contributed by atoms with Crippen LogP contribution in [0.25, 0.3) is 11.1 Å². The van der Waals surface area contributed by atoms with E-state index in [9.17, 15) is 0 Å². The minimum atomic E-state index is 0. The Morgan fingerprint density at radius 2 is 0.943 bits per heavy atom. The van der Waals surface area contributed by atoms with Gasteiger partial charge in [0.05, 0.1) is 0 Å². The van der Waals surface area contributed by atoms with Crippen LogP contribution in [0, 0.1) is 6.07 Å². The van der Waals surface area contributed by atoms with Crippen LogP contribution in [0.15, 0.2) is 53.4 Å². The van der Waals surface area contributed by atoms with E-state index in [-0.39, 0.29) is 21.1 Å². The summed E-state index contributed by atoms with van der Waals surface area (Å²) in [7, 11) is 1.34. The molecule has 35 heavy (non-hydrogen) atoms. The van der Waals surface area contributed by atoms with E-state index in [0.717, 1.165) is 16.0 Å². The summed E-state index contributed by atoms with van der Waals surface area (Å²) in [5.74, 6) is 0. The molecule has 2 aromatic rings. The van der Waals surface area contributed by atoms with Crippen molar-refractivity contribution in [2.24, 2.45) is 0 Å². The van der Waals surface area contributed by atoms with E-state index in [2.05, 4.69) is 68.4 Å². The third kappa shape index (κ3) is 21.3. The second-order valence-electron chi connectivity index (χ2n) is 7.65. The maximum atomic E-state index is 5.22. The molecular formula is C30H53P3PtS. The van der Waals surface area contributed by atoms with Crippen molar-refractivity contribution in [1.82, 2.24) is 0 Å². The molecule has 0 saturated heterocycles. The molecule has 204 valence electrons. The number of benzene rings is 2. The maximum absolute atomic E-state index is 5.22. The Morgan fingerprint density at radius 1 is 0.571 bits per heavy atom. The van der Waals surface area contributed by atoms with E-state index in [1.807, 2.05) is 48.5 Å². The largest absolute Gasteiger partial charge is 2.00 e. The second kappa shape index (κ2) is 29.2. The Balaban J connectivity index is -0.000000409. The molecule has 0 aliphatic carbocycles. The molecule has 0 aliphatic heterocycles. The minimum Gasteiger partial charge on any atom is -0.780 e. The molecular weight excluding hydrogens is 680 g/mol. The predicted molar refractivity (Wildman–Crippen MR) is 172 cm³/mol. The van der Waals surface area contributed by atoms with Gasteiger partial charge >= 0.3 is 21.1 Å². The van der Waals surface area contributed by atoms with Crippen molar-refractivity contribution in [1.29, 1.82) is 0 Å². The molecule has 0 spiro atoms. The van der Waals surface area contributed by atoms with Gasteiger partial charge in [-0.05, 0) is 55.5 Å². The van der Waals surface area contributed by atoms with Crippen LogP contribution in [-0.4, -0.2) is 55.5 Å². The summed E-state index contributed by atoms with van der Waals surface area (Å²) in [5.41, 5.74) is 2.24. The van der Waals surface area contributed by atoms with Gasteiger partial charge in [0.15, 0.2) is 0 Å². The van der Waals surface area contributed by atoms with Crippen LogP contribution in [0.2, 0.25) is 0 Å². The van der Waals surface area contributed by atoms with Gasteiger partial charge in [-0.1, -0.05) is 92.1 Å². The molecule has 5 heteroatoms. The van der Waals surface area contributed by atoms with Crippen molar-refractivity contribution in [3.8, 4) is 11.1 Å². The Hall–Kier alpha value is 0.638. The van der Waals surface area contributed by atoms with E-state index in [4.69, 9.17) is 12.6 Å². The summed E-state index contributed by atoms with van der Waals surface area (Å²) >= 11 is 5.22. The van der Waals surface area contributed by atoms with Crippen molar-refractivity contribution >= 4 is 36.4 Å². The first-order chi connectivity index (χ1) is 16.4. The first-order valence-electron chi connectivity index (χ1n) is 13.3. The summed E-state index contributed by atoms with van der Waals surface area (Å²) in [6, 6.07) is 18.8. The number of hydrogen-bond acceptors (Lipinski definition) is 1. The van der Waals surface area contributed by atoms with Gasteiger partial charge in [0, 0.05) is 0 Å². The third-order valence-electron chi connectivity index (χ3n) is 5.93. The smallest absolute Gasteiger partial charge is 0.780 e. The van der Waals surface area contributed by atoms with E-state index < -0.39 is 0 Å². The molecule has 0 fully saturated rings. The molecule has 0 radical (unpaired) electrons. The van der Waals surface area contributed by atoms with Crippen LogP contribution < -0.4 is 0 Å². The van der Waals surface area contributed by atoms with E-state index in [1.54, 1.807) is 0 Å². The summed E-state index contributed by atoms with van der Waals surface area (Å²) in [6.07, 6.45) is 12.8. The Labute approximate surface area is 244 Å². The van der Waals surface area contributed by atoms with Crippen LogP contribution in [0.1, 0.15) is 62.3 Å². The van der Waals surface area contributed by atoms with Gasteiger partial charge in [-0.3, -0.25) is 0 Å². The minimum absolute atomic E-state index is 0. The summed E-state index contributed by atoms with van der Waals surface area (Å²) < 4.78 is 0. The van der Waals surface area contributed by atoms with Crippen LogP contribution in [-0.2, 0) is 33.7 Å². The first kappa shape index (κ1) is 40.1. The zero-order valence-electron chi connectivity index (χ0n) is 24.0. The van der Waals surface area contributed by atoms with Crippen LogP contribution in [0.4, 0.5) is 0 Å². The zero-order valence-corrected chi connectivity index (χ0v) is 29.8. The molecule has 0 unspecified atom stereocenters. The molecule has 0 aliphatic rings. The molecule has 0 aromatic heterocycles. The Bertz CT molecular complexity index is 613. The van der Waals surface area contributed by atoms with Crippen molar-refractivity contribution in [2.75, 3.05) is 55.5 Å². The first-order valence-corrected chi connectivity index (χ1v) is 19.4. The summed E-state index contributed by atoms with van der Waals surface area (Å²) in [4.78, 5) is 0.891. The van der Waals surface area contributed by atoms with Crippen molar-refractivity contribution in [3.63, 3.8) is 0 Å². The van der Waals surface area contributed by atoms with Crippen LogP contribution >= 0.6 is 23.8 Å². The van der Waals surface area contributed by atoms with Gasteiger partial charge in [-0.15, -0.1) is 29.3 Å². The topological polar surface area (TPSA) is 0 Å². The number of hydrogen-bond donors (Lipinski definition) is 0. The quantitative estimate of drug-likeness (QED) is 0.133. The van der Waals surface area contributed by atoms with Crippen molar-refractivity contribution < 1.29 is 21.1 Å². The monoisotopic (exact) mass is 733 g/mol. The van der Waals surface area contributed by atoms with Gasteiger partial charge in [0.1, 0.15) is 0 Å². The molecule has 0 saturated carbocycles. The standard InChI is InChI=1S/C12H9S.3C6H15P.Pt/c13-12-9-5-4-8-11(12)10-6-2-1-3-7-10;3*1-4-7(5-2)6-3;/h1-2,4-9,13H;3*4-6H2,1-3H3;/q-1;;;;+2/p-1. The molecule has 0 amide bonds. The van der Waals surface area contributed by atoms with Gasteiger partial charge < -0.3 is 12.6 Å². The maximum Gasteiger partial charge on any atom is 2.00 e. The zero-order chi connectivity index (χ0) is 26.2. The molecule has 0 nitrogen and oxygen atoms in total. The summed E-state index contributed by atoms with van der Waals surface area (Å²) in [6.45, 7) is 20.6. The normalized spacial score (nSPS) is 9.83. The molecule has 0 heterocycles. The van der Waals surface area contributed by atoms with Crippen molar-refractivity contribution in [2.45, 2.75) is 67.2 Å². The van der Waals surface area contributed by atoms with Crippen molar-refractivity contribution in [3.05, 3.63) is 54.6 Å². The molecule has 2 aromatic carbocycles. The van der Waals surface area contributed by atoms with Crippen LogP contribution in [0.3, 0.4) is 0 Å². The molecule has 2 rings (SSSR count). The fourth-order valence-electron chi connectivity index (χ4n) is 3.28. The molecule has 0 bridgehead atoms. The van der Waals surface area contributed by atoms with E-state index in [0.29, 0.717) is 23.8 Å². The van der Waals surface area contributed by atoms with Gasteiger partial charge in [-0.2, -0.15) is 35.2 Å². The van der Waals surface area contributed by atoms with Gasteiger partial charge in [0.2, 0.25) is 0 Å². The molecule has 0 atom stereocenters. The Morgan fingerprint density at radius 3 is 1.20 bits per heavy atom. The fourth-order valence-corrected chi connectivity index (χ4v) is 7.57. The van der Waals surface area contributed by atoms with Gasteiger partial charge in [-0.25, -0.2) is 0 Å². The molecule has 0 N–H and O–H groups in total. The summed E-state index contributed by atoms with van der Waals surface area (Å²) in [5, 5.41) is 0. The van der Waals surface area contributed by atoms with E-state index >= 15 is 0 Å². The van der Waals surface area contributed by atoms with E-state index in [1.165, 1.54) is 55.5 Å². The second-order valence-corrected chi connectivity index (χ2v) is 17.8. The predicted octanol–water partition coefficient (Wildman–Crippen LogP) is 10.6. The fraction of sp³-hybridized carbons (Fsp3) is 0.600. The van der Waals surface area contributed by atoms with Crippen LogP contribution in [0.5, 0.6) is 0 Å². The Kier molecular flexibility index (Phi) is 33.5. The number of rotatable bonds is 10. The average Bonchev–Trinajstić information content (AvgIpc) is 2.89. The SMILES string of the molecule is CCP(CC)CC.CCP(CC)CC.CCP(CC)CC.[Pt+2].[S-]c1ccccc1-c1c[c-]ccc1. The average molecular weight is 734 g/mol. The third-order valence-corrected chi connectivity index (χ3v) is 14.3. The van der Waals surface area contributed by atoms with Gasteiger partial charge in [0.25, 0.3) is 0 Å².